The maximum atomic E-state index is 5.38. The molecule has 0 unspecified atom stereocenters. The molecule has 0 aliphatic carbocycles. The topological polar surface area (TPSA) is 66.1 Å². The van der Waals surface area contributed by atoms with E-state index in [1.807, 2.05) is 0 Å². The summed E-state index contributed by atoms with van der Waals surface area (Å²) in [5, 5.41) is 10.7. The lowest BCUT2D eigenvalue weighted by molar-refractivity contribution is 0.0836. The van der Waals surface area contributed by atoms with Crippen molar-refractivity contribution >= 4 is 5.95 Å². The number of likely N-dealkylation sites (tertiary alicyclic amines) is 1. The number of H-pyrrole nitrogens is 1. The lowest BCUT2D eigenvalue weighted by Gasteiger charge is -2.29. The van der Waals surface area contributed by atoms with Crippen LogP contribution in [0.15, 0.2) is 0 Å². The molecule has 2 saturated heterocycles. The highest BCUT2D eigenvalue weighted by Gasteiger charge is 2.19. The van der Waals surface area contributed by atoms with E-state index in [1.54, 1.807) is 0 Å². The molecule has 2 N–H and O–H groups in total. The molecular formula is C15H27N5O. The van der Waals surface area contributed by atoms with Gasteiger partial charge in [-0.3, -0.25) is 5.10 Å². The Morgan fingerprint density at radius 2 is 2.00 bits per heavy atom. The van der Waals surface area contributed by atoms with Crippen molar-refractivity contribution in [1.82, 2.24) is 20.1 Å². The highest BCUT2D eigenvalue weighted by Crippen LogP contribution is 2.24. The smallest absolute Gasteiger partial charge is 0.242 e. The molecule has 6 nitrogen and oxygen atoms in total. The Morgan fingerprint density at radius 3 is 2.76 bits per heavy atom. The van der Waals surface area contributed by atoms with Gasteiger partial charge in [-0.25, -0.2) is 0 Å². The summed E-state index contributed by atoms with van der Waals surface area (Å²) in [7, 11) is 0. The third-order valence-electron chi connectivity index (χ3n) is 4.70. The first-order valence-corrected chi connectivity index (χ1v) is 8.27. The summed E-state index contributed by atoms with van der Waals surface area (Å²) < 4.78 is 5.38. The van der Waals surface area contributed by atoms with E-state index < -0.39 is 0 Å². The Balaban J connectivity index is 1.40. The molecular weight excluding hydrogens is 266 g/mol. The first kappa shape index (κ1) is 14.8. The molecule has 0 aromatic carbocycles. The number of nitrogens with one attached hydrogen (secondary N) is 2. The van der Waals surface area contributed by atoms with E-state index in [-0.39, 0.29) is 0 Å². The number of piperidine rings is 1. The molecule has 1 aromatic heterocycles. The predicted octanol–water partition coefficient (Wildman–Crippen LogP) is 1.84. The first-order chi connectivity index (χ1) is 10.3. The van der Waals surface area contributed by atoms with E-state index in [0.29, 0.717) is 5.92 Å². The highest BCUT2D eigenvalue weighted by atomic mass is 16.5. The first-order valence-electron chi connectivity index (χ1n) is 8.27. The maximum Gasteiger partial charge on any atom is 0.242 e. The van der Waals surface area contributed by atoms with Gasteiger partial charge in [-0.1, -0.05) is 6.92 Å². The summed E-state index contributed by atoms with van der Waals surface area (Å²) in [4.78, 5) is 7.10. The Morgan fingerprint density at radius 1 is 1.24 bits per heavy atom. The van der Waals surface area contributed by atoms with Gasteiger partial charge in [0.2, 0.25) is 5.95 Å². The van der Waals surface area contributed by atoms with Crippen molar-refractivity contribution in [2.75, 3.05) is 44.7 Å². The van der Waals surface area contributed by atoms with Crippen LogP contribution in [0.2, 0.25) is 0 Å². The molecule has 1 aromatic rings. The number of ether oxygens (including phenoxy) is 1. The van der Waals surface area contributed by atoms with Gasteiger partial charge in [0.05, 0.1) is 0 Å². The van der Waals surface area contributed by atoms with E-state index in [0.717, 1.165) is 56.8 Å². The second kappa shape index (κ2) is 7.22. The number of rotatable bonds is 5. The van der Waals surface area contributed by atoms with Crippen molar-refractivity contribution in [3.05, 3.63) is 5.82 Å². The summed E-state index contributed by atoms with van der Waals surface area (Å²) >= 11 is 0. The monoisotopic (exact) mass is 293 g/mol. The third kappa shape index (κ3) is 4.17. The normalized spacial score (nSPS) is 22.5. The Labute approximate surface area is 126 Å². The van der Waals surface area contributed by atoms with Crippen LogP contribution in [-0.2, 0) is 4.74 Å². The average molecular weight is 293 g/mol. The standard InChI is InChI=1S/C15H27N5O/c1-12-2-7-20(8-3-12)9-6-16-15-17-14(18-19-15)13-4-10-21-11-5-13/h12-13H,2-11H2,1H3,(H2,16,17,18,19). The fourth-order valence-corrected chi connectivity index (χ4v) is 3.12. The lowest BCUT2D eigenvalue weighted by Crippen LogP contribution is -2.36. The number of hydrogen-bond acceptors (Lipinski definition) is 5. The fourth-order valence-electron chi connectivity index (χ4n) is 3.12. The van der Waals surface area contributed by atoms with E-state index in [1.165, 1.54) is 25.9 Å². The molecule has 2 fully saturated rings. The minimum Gasteiger partial charge on any atom is -0.381 e. The van der Waals surface area contributed by atoms with Gasteiger partial charge in [-0.15, -0.1) is 5.10 Å². The number of hydrogen-bond donors (Lipinski definition) is 2. The summed E-state index contributed by atoms with van der Waals surface area (Å²) in [6.07, 6.45) is 4.74. The Hall–Kier alpha value is -1.14. The van der Waals surface area contributed by atoms with Gasteiger partial charge in [-0.05, 0) is 44.7 Å². The number of nitrogens with zero attached hydrogens (tertiary/aromatic N) is 3. The zero-order chi connectivity index (χ0) is 14.5. The molecule has 0 radical (unpaired) electrons. The van der Waals surface area contributed by atoms with Crippen LogP contribution in [0.3, 0.4) is 0 Å². The van der Waals surface area contributed by atoms with Crippen LogP contribution in [0.5, 0.6) is 0 Å². The molecule has 2 aliphatic rings. The van der Waals surface area contributed by atoms with Gasteiger partial charge in [0.1, 0.15) is 5.82 Å². The van der Waals surface area contributed by atoms with Crippen LogP contribution in [0, 0.1) is 5.92 Å². The molecule has 0 saturated carbocycles. The minimum atomic E-state index is 0.477. The maximum absolute atomic E-state index is 5.38. The van der Waals surface area contributed by atoms with Crippen LogP contribution in [0.25, 0.3) is 0 Å². The fraction of sp³-hybridized carbons (Fsp3) is 0.867. The molecule has 3 rings (SSSR count). The van der Waals surface area contributed by atoms with E-state index in [2.05, 4.69) is 32.3 Å². The van der Waals surface area contributed by atoms with Crippen molar-refractivity contribution < 1.29 is 4.74 Å². The highest BCUT2D eigenvalue weighted by molar-refractivity contribution is 5.23. The van der Waals surface area contributed by atoms with Crippen LogP contribution < -0.4 is 5.32 Å². The zero-order valence-electron chi connectivity index (χ0n) is 13.0. The van der Waals surface area contributed by atoms with Crippen molar-refractivity contribution in [2.45, 2.75) is 38.5 Å². The van der Waals surface area contributed by atoms with Crippen LogP contribution in [0.4, 0.5) is 5.95 Å². The Kier molecular flexibility index (Phi) is 5.08. The summed E-state index contributed by atoms with van der Waals surface area (Å²) in [5.41, 5.74) is 0. The zero-order valence-corrected chi connectivity index (χ0v) is 13.0. The minimum absolute atomic E-state index is 0.477. The quantitative estimate of drug-likeness (QED) is 0.867. The van der Waals surface area contributed by atoms with E-state index in [4.69, 9.17) is 4.74 Å². The van der Waals surface area contributed by atoms with E-state index >= 15 is 0 Å². The summed E-state index contributed by atoms with van der Waals surface area (Å²) in [5.74, 6) is 3.11. The van der Waals surface area contributed by atoms with Gasteiger partial charge >= 0.3 is 0 Å². The van der Waals surface area contributed by atoms with Crippen molar-refractivity contribution in [3.63, 3.8) is 0 Å². The number of aromatic nitrogens is 3. The van der Waals surface area contributed by atoms with Gasteiger partial charge in [0.25, 0.3) is 0 Å². The molecule has 2 aliphatic heterocycles. The molecule has 0 atom stereocenters. The summed E-state index contributed by atoms with van der Waals surface area (Å²) in [6, 6.07) is 0. The predicted molar refractivity (Wildman–Crippen MR) is 82.5 cm³/mol. The molecule has 0 spiro atoms. The van der Waals surface area contributed by atoms with Gasteiger partial charge < -0.3 is 15.0 Å². The van der Waals surface area contributed by atoms with Crippen LogP contribution in [-0.4, -0.2) is 59.5 Å². The van der Waals surface area contributed by atoms with E-state index in [9.17, 15) is 0 Å². The van der Waals surface area contributed by atoms with Crippen molar-refractivity contribution in [2.24, 2.45) is 5.92 Å². The Bertz CT molecular complexity index is 421. The molecule has 6 heteroatoms. The third-order valence-corrected chi connectivity index (χ3v) is 4.70. The number of anilines is 1. The second-order valence-electron chi connectivity index (χ2n) is 6.38. The lowest BCUT2D eigenvalue weighted by atomic mass is 9.99. The van der Waals surface area contributed by atoms with Crippen molar-refractivity contribution in [1.29, 1.82) is 0 Å². The van der Waals surface area contributed by atoms with Gasteiger partial charge in [-0.2, -0.15) is 4.98 Å². The molecule has 3 heterocycles. The second-order valence-corrected chi connectivity index (χ2v) is 6.38. The van der Waals surface area contributed by atoms with Gasteiger partial charge in [0.15, 0.2) is 0 Å². The molecule has 0 bridgehead atoms. The van der Waals surface area contributed by atoms with Crippen LogP contribution in [0.1, 0.15) is 44.3 Å². The SMILES string of the molecule is CC1CCN(CCNc2n[nH]c(C3CCOCC3)n2)CC1. The molecule has 21 heavy (non-hydrogen) atoms. The van der Waals surface area contributed by atoms with Gasteiger partial charge in [0, 0.05) is 32.2 Å². The number of aromatic amines is 1. The van der Waals surface area contributed by atoms with Crippen LogP contribution >= 0.6 is 0 Å². The molecule has 118 valence electrons. The van der Waals surface area contributed by atoms with Crippen molar-refractivity contribution in [3.8, 4) is 0 Å². The molecule has 0 amide bonds. The largest absolute Gasteiger partial charge is 0.381 e. The average Bonchev–Trinajstić information content (AvgIpc) is 2.99. The summed E-state index contributed by atoms with van der Waals surface area (Å²) in [6.45, 7) is 8.46.